The molecule has 2 N–H and O–H groups in total. The summed E-state index contributed by atoms with van der Waals surface area (Å²) in [5.74, 6) is 2.08. The van der Waals surface area contributed by atoms with Gasteiger partial charge in [-0.2, -0.15) is 0 Å². The summed E-state index contributed by atoms with van der Waals surface area (Å²) in [4.78, 5) is 8.44. The first kappa shape index (κ1) is 23.5. The predicted octanol–water partition coefficient (Wildman–Crippen LogP) is 3.24. The quantitative estimate of drug-likeness (QED) is 0.506. The number of methoxy groups -OCH3 is 2. The molecule has 7 nitrogen and oxygen atoms in total. The molecule has 32 heavy (non-hydrogen) atoms. The highest BCUT2D eigenvalue weighted by Crippen LogP contribution is 2.30. The number of guanidine groups is 1. The monoisotopic (exact) mass is 443 g/mol. The van der Waals surface area contributed by atoms with Crippen LogP contribution in [0.1, 0.15) is 18.4 Å². The first-order chi connectivity index (χ1) is 15.4. The van der Waals surface area contributed by atoms with Crippen LogP contribution >= 0.6 is 0 Å². The van der Waals surface area contributed by atoms with Gasteiger partial charge in [-0.1, -0.05) is 6.07 Å². The smallest absolute Gasteiger partial charge is 0.191 e. The number of aliphatic imine (C=N–C) groups is 1. The molecule has 2 aromatic rings. The van der Waals surface area contributed by atoms with Gasteiger partial charge in [0.2, 0.25) is 0 Å². The van der Waals surface area contributed by atoms with Crippen LogP contribution in [-0.2, 0) is 6.54 Å². The third-order valence-corrected chi connectivity index (χ3v) is 5.71. The fraction of sp³-hybridized carbons (Fsp3) is 0.458. The Morgan fingerprint density at radius 3 is 2.28 bits per heavy atom. The van der Waals surface area contributed by atoms with E-state index in [1.165, 1.54) is 0 Å². The maximum Gasteiger partial charge on any atom is 0.191 e. The van der Waals surface area contributed by atoms with E-state index in [4.69, 9.17) is 9.47 Å². The van der Waals surface area contributed by atoms with Gasteiger partial charge in [-0.25, -0.2) is 4.39 Å². The molecule has 3 rings (SSSR count). The van der Waals surface area contributed by atoms with Crippen molar-refractivity contribution in [1.82, 2.24) is 10.6 Å². The molecule has 1 saturated heterocycles. The minimum Gasteiger partial charge on any atom is -0.497 e. The number of benzene rings is 2. The highest BCUT2D eigenvalue weighted by atomic mass is 19.1. The van der Waals surface area contributed by atoms with Crippen LogP contribution in [-0.4, -0.2) is 60.5 Å². The first-order valence-corrected chi connectivity index (χ1v) is 10.8. The lowest BCUT2D eigenvalue weighted by atomic mass is 10.0. The Labute approximate surface area is 190 Å². The molecule has 2 aromatic carbocycles. The minimum atomic E-state index is -0.223. The molecule has 0 spiro atoms. The highest BCUT2D eigenvalue weighted by Gasteiger charge is 2.21. The lowest BCUT2D eigenvalue weighted by molar-refractivity contribution is 0.393. The van der Waals surface area contributed by atoms with Gasteiger partial charge in [0.15, 0.2) is 5.96 Å². The van der Waals surface area contributed by atoms with Crippen molar-refractivity contribution in [3.05, 3.63) is 47.8 Å². The van der Waals surface area contributed by atoms with Crippen molar-refractivity contribution in [2.75, 3.05) is 58.3 Å². The molecule has 8 heteroatoms. The van der Waals surface area contributed by atoms with E-state index in [1.54, 1.807) is 38.3 Å². The van der Waals surface area contributed by atoms with Crippen molar-refractivity contribution in [2.24, 2.45) is 4.99 Å². The first-order valence-electron chi connectivity index (χ1n) is 10.8. The van der Waals surface area contributed by atoms with Crippen molar-refractivity contribution in [3.63, 3.8) is 0 Å². The number of anilines is 2. The molecular weight excluding hydrogens is 409 g/mol. The van der Waals surface area contributed by atoms with Gasteiger partial charge in [-0.05, 0) is 30.5 Å². The van der Waals surface area contributed by atoms with E-state index in [-0.39, 0.29) is 5.82 Å². The van der Waals surface area contributed by atoms with E-state index in [1.807, 2.05) is 38.4 Å². The summed E-state index contributed by atoms with van der Waals surface area (Å²) >= 11 is 0. The summed E-state index contributed by atoms with van der Waals surface area (Å²) < 4.78 is 25.0. The van der Waals surface area contributed by atoms with Crippen molar-refractivity contribution >= 4 is 17.3 Å². The van der Waals surface area contributed by atoms with Crippen LogP contribution in [0.15, 0.2) is 41.4 Å². The van der Waals surface area contributed by atoms with E-state index in [9.17, 15) is 4.39 Å². The molecule has 1 fully saturated rings. The number of nitrogens with zero attached hydrogens (tertiary/aromatic N) is 3. The second-order valence-electron chi connectivity index (χ2n) is 8.08. The summed E-state index contributed by atoms with van der Waals surface area (Å²) in [5, 5.41) is 6.79. The molecule has 0 aliphatic carbocycles. The lowest BCUT2D eigenvalue weighted by Gasteiger charge is -2.34. The molecule has 1 heterocycles. The third kappa shape index (κ3) is 5.96. The molecule has 174 valence electrons. The summed E-state index contributed by atoms with van der Waals surface area (Å²) in [6.45, 7) is 2.34. The van der Waals surface area contributed by atoms with Crippen LogP contribution in [0, 0.1) is 5.82 Å². The van der Waals surface area contributed by atoms with Crippen molar-refractivity contribution < 1.29 is 13.9 Å². The number of piperidine rings is 1. The van der Waals surface area contributed by atoms with Crippen LogP contribution in [0.4, 0.5) is 15.8 Å². The van der Waals surface area contributed by atoms with Gasteiger partial charge in [0.05, 0.1) is 19.9 Å². The van der Waals surface area contributed by atoms with Gasteiger partial charge in [0.1, 0.15) is 17.3 Å². The largest absolute Gasteiger partial charge is 0.497 e. The zero-order valence-electron chi connectivity index (χ0n) is 19.6. The van der Waals surface area contributed by atoms with E-state index >= 15 is 0 Å². The molecule has 0 atom stereocenters. The van der Waals surface area contributed by atoms with E-state index in [0.29, 0.717) is 18.3 Å². The minimum absolute atomic E-state index is 0.223. The van der Waals surface area contributed by atoms with Crippen LogP contribution in [0.25, 0.3) is 0 Å². The molecule has 0 bridgehead atoms. The Bertz CT molecular complexity index is 904. The number of halogens is 1. The Morgan fingerprint density at radius 2 is 1.75 bits per heavy atom. The van der Waals surface area contributed by atoms with E-state index in [2.05, 4.69) is 20.5 Å². The number of hydrogen-bond donors (Lipinski definition) is 2. The molecule has 0 radical (unpaired) electrons. The Hall–Kier alpha value is -3.16. The standard InChI is InChI=1S/C24H34FN5O2/c1-26-24(27-16-17-6-7-23(29(2)3)22(25)12-17)28-18-8-10-30(11-9-18)19-13-20(31-4)15-21(14-19)32-5/h6-7,12-15,18H,8-11,16H2,1-5H3,(H2,26,27,28). The van der Waals surface area contributed by atoms with Gasteiger partial charge in [-0.3, -0.25) is 4.99 Å². The normalized spacial score (nSPS) is 14.8. The van der Waals surface area contributed by atoms with Crippen LogP contribution in [0.5, 0.6) is 11.5 Å². The molecule has 0 saturated carbocycles. The lowest BCUT2D eigenvalue weighted by Crippen LogP contribution is -2.48. The number of hydrogen-bond acceptors (Lipinski definition) is 5. The Kier molecular flexibility index (Phi) is 8.03. The van der Waals surface area contributed by atoms with Gasteiger partial charge < -0.3 is 29.9 Å². The number of ether oxygens (including phenoxy) is 2. The molecule has 1 aliphatic heterocycles. The van der Waals surface area contributed by atoms with Crippen molar-refractivity contribution in [2.45, 2.75) is 25.4 Å². The summed E-state index contributed by atoms with van der Waals surface area (Å²) in [6.07, 6.45) is 1.96. The maximum absolute atomic E-state index is 14.2. The number of nitrogens with one attached hydrogen (secondary N) is 2. The van der Waals surface area contributed by atoms with Crippen molar-refractivity contribution in [3.8, 4) is 11.5 Å². The molecule has 0 amide bonds. The zero-order chi connectivity index (χ0) is 23.1. The second kappa shape index (κ2) is 10.9. The number of rotatable bonds is 7. The highest BCUT2D eigenvalue weighted by molar-refractivity contribution is 5.80. The molecule has 0 aromatic heterocycles. The molecular formula is C24H34FN5O2. The maximum atomic E-state index is 14.2. The van der Waals surface area contributed by atoms with Crippen LogP contribution in [0.3, 0.4) is 0 Å². The van der Waals surface area contributed by atoms with Gasteiger partial charge >= 0.3 is 0 Å². The molecule has 0 unspecified atom stereocenters. The summed E-state index contributed by atoms with van der Waals surface area (Å²) in [6, 6.07) is 11.6. The fourth-order valence-electron chi connectivity index (χ4n) is 3.85. The van der Waals surface area contributed by atoms with E-state index in [0.717, 1.165) is 54.6 Å². The average molecular weight is 444 g/mol. The third-order valence-electron chi connectivity index (χ3n) is 5.71. The van der Waals surface area contributed by atoms with E-state index < -0.39 is 0 Å². The summed E-state index contributed by atoms with van der Waals surface area (Å²) in [5.41, 5.74) is 2.56. The van der Waals surface area contributed by atoms with Gasteiger partial charge in [-0.15, -0.1) is 0 Å². The predicted molar refractivity (Wildman–Crippen MR) is 129 cm³/mol. The van der Waals surface area contributed by atoms with Crippen LogP contribution < -0.4 is 29.9 Å². The topological polar surface area (TPSA) is 61.4 Å². The SMILES string of the molecule is CN=C(NCc1ccc(N(C)C)c(F)c1)NC1CCN(c2cc(OC)cc(OC)c2)CC1. The average Bonchev–Trinajstić information content (AvgIpc) is 2.81. The van der Waals surface area contributed by atoms with Gasteiger partial charge in [0.25, 0.3) is 0 Å². The Balaban J connectivity index is 1.52. The molecule has 1 aliphatic rings. The van der Waals surface area contributed by atoms with Crippen molar-refractivity contribution in [1.29, 1.82) is 0 Å². The summed E-state index contributed by atoms with van der Waals surface area (Å²) in [7, 11) is 8.75. The zero-order valence-corrected chi connectivity index (χ0v) is 19.6. The Morgan fingerprint density at radius 1 is 1.09 bits per heavy atom. The van der Waals surface area contributed by atoms with Gasteiger partial charge in [0, 0.05) is 70.7 Å². The van der Waals surface area contributed by atoms with Crippen LogP contribution in [0.2, 0.25) is 0 Å². The fourth-order valence-corrected chi connectivity index (χ4v) is 3.85. The second-order valence-corrected chi connectivity index (χ2v) is 8.08.